The van der Waals surface area contributed by atoms with Gasteiger partial charge >= 0.3 is 5.97 Å². The van der Waals surface area contributed by atoms with Crippen molar-refractivity contribution < 1.29 is 36.4 Å². The molecule has 8 nitrogen and oxygen atoms in total. The predicted molar refractivity (Wildman–Crippen MR) is 281 cm³/mol. The maximum Gasteiger partial charge on any atom is 0.334 e. The Morgan fingerprint density at radius 3 is 1.46 bits per heavy atom. The lowest BCUT2D eigenvalue weighted by atomic mass is 9.97. The summed E-state index contributed by atoms with van der Waals surface area (Å²) in [7, 11) is -9.24. The Hall–Kier alpha value is 0.0544. The molecule has 0 unspecified atom stereocenters. The predicted octanol–water partition coefficient (Wildman–Crippen LogP) is 15.3. The fourth-order valence-electron chi connectivity index (χ4n) is 9.31. The summed E-state index contributed by atoms with van der Waals surface area (Å²) < 4.78 is 47.5. The third kappa shape index (κ3) is 28.9. The second-order valence-electron chi connectivity index (χ2n) is 24.3. The summed E-state index contributed by atoms with van der Waals surface area (Å²) in [6, 6.07) is 0. The Morgan fingerprint density at radius 1 is 0.540 bits per heavy atom. The van der Waals surface area contributed by atoms with E-state index in [0.717, 1.165) is 63.4 Å². The SMILES string of the molecule is CCCCCCCCCCCCCC[C@H](O[Si](C)(C)C)[C@@H]1C[C@@H](O[Si](C)(C)C)[C@@H]([C@H](CC[C@H](CCCCC[C@H](CC2=C[C@H](C)OC2=O)O[Si](C)(C)C)O[Si](C)(C)C)O[Si](C)(C)C)O1. The van der Waals surface area contributed by atoms with Crippen molar-refractivity contribution in [3.63, 3.8) is 0 Å². The summed E-state index contributed by atoms with van der Waals surface area (Å²) in [5.41, 5.74) is 0.776. The molecule has 2 rings (SSSR count). The van der Waals surface area contributed by atoms with Crippen LogP contribution in [0.5, 0.6) is 0 Å². The van der Waals surface area contributed by atoms with Crippen LogP contribution in [-0.2, 0) is 36.4 Å². The fraction of sp³-hybridized carbons (Fsp3) is 0.940. The molecule has 0 radical (unpaired) electrons. The first-order chi connectivity index (χ1) is 29.1. The molecule has 2 heterocycles. The van der Waals surface area contributed by atoms with E-state index in [4.69, 9.17) is 31.6 Å². The number of hydrogen-bond acceptors (Lipinski definition) is 8. The molecule has 0 saturated carbocycles. The first kappa shape index (κ1) is 59.2. The Bertz CT molecular complexity index is 1280. The maximum absolute atomic E-state index is 12.4. The molecule has 372 valence electrons. The van der Waals surface area contributed by atoms with Crippen LogP contribution < -0.4 is 0 Å². The highest BCUT2D eigenvalue weighted by Gasteiger charge is 2.47. The van der Waals surface area contributed by atoms with Gasteiger partial charge in [-0.05, 0) is 143 Å². The first-order valence-electron chi connectivity index (χ1n) is 26.1. The van der Waals surface area contributed by atoms with Crippen molar-refractivity contribution >= 4 is 47.6 Å². The largest absolute Gasteiger partial charge is 0.455 e. The van der Waals surface area contributed by atoms with Gasteiger partial charge in [-0.1, -0.05) is 103 Å². The van der Waals surface area contributed by atoms with E-state index >= 15 is 0 Å². The smallest absolute Gasteiger partial charge is 0.334 e. The highest BCUT2D eigenvalue weighted by atomic mass is 28.4. The number of carbonyl (C=O) groups excluding carboxylic acids is 1. The van der Waals surface area contributed by atoms with E-state index in [1.165, 1.54) is 77.0 Å². The lowest BCUT2D eigenvalue weighted by Crippen LogP contribution is -2.47. The van der Waals surface area contributed by atoms with Gasteiger partial charge in [-0.25, -0.2) is 4.79 Å². The second-order valence-corrected chi connectivity index (χ2v) is 46.6. The molecule has 63 heavy (non-hydrogen) atoms. The maximum atomic E-state index is 12.4. The molecule has 1 fully saturated rings. The van der Waals surface area contributed by atoms with Crippen LogP contribution in [0.2, 0.25) is 98.2 Å². The van der Waals surface area contributed by atoms with Crippen molar-refractivity contribution in [1.82, 2.24) is 0 Å². The van der Waals surface area contributed by atoms with Crippen LogP contribution in [0.3, 0.4) is 0 Å². The average Bonchev–Trinajstić information content (AvgIpc) is 3.67. The zero-order valence-electron chi connectivity index (χ0n) is 44.5. The lowest BCUT2D eigenvalue weighted by Gasteiger charge is -2.36. The number of unbranched alkanes of at least 4 members (excludes halogenated alkanes) is 13. The van der Waals surface area contributed by atoms with Crippen molar-refractivity contribution in [1.29, 1.82) is 0 Å². The fourth-order valence-corrected chi connectivity index (χ4v) is 15.2. The summed E-state index contributed by atoms with van der Waals surface area (Å²) in [6.07, 6.45) is 28.0. The summed E-state index contributed by atoms with van der Waals surface area (Å²) in [5.74, 6) is -0.180. The highest BCUT2D eigenvalue weighted by Crippen LogP contribution is 2.37. The van der Waals surface area contributed by atoms with Gasteiger partial charge in [-0.2, -0.15) is 0 Å². The third-order valence-electron chi connectivity index (χ3n) is 11.6. The Kier molecular flexibility index (Phi) is 26.8. The van der Waals surface area contributed by atoms with E-state index in [9.17, 15) is 4.79 Å². The van der Waals surface area contributed by atoms with Gasteiger partial charge in [0, 0.05) is 30.6 Å². The molecule has 2 aliphatic heterocycles. The molecular weight excluding hydrogens is 869 g/mol. The van der Waals surface area contributed by atoms with Crippen LogP contribution in [0, 0.1) is 0 Å². The molecule has 0 aromatic heterocycles. The van der Waals surface area contributed by atoms with Crippen molar-refractivity contribution in [2.24, 2.45) is 0 Å². The average molecular weight is 974 g/mol. The van der Waals surface area contributed by atoms with Gasteiger partial charge in [0.15, 0.2) is 41.6 Å². The summed E-state index contributed by atoms with van der Waals surface area (Å²) in [4.78, 5) is 12.4. The topological polar surface area (TPSA) is 81.7 Å². The first-order valence-corrected chi connectivity index (χ1v) is 43.1. The van der Waals surface area contributed by atoms with Gasteiger partial charge in [-0.15, -0.1) is 0 Å². The molecule has 0 N–H and O–H groups in total. The number of ether oxygens (including phenoxy) is 2. The number of esters is 1. The highest BCUT2D eigenvalue weighted by molar-refractivity contribution is 6.71. The van der Waals surface area contributed by atoms with Gasteiger partial charge < -0.3 is 31.6 Å². The summed E-state index contributed by atoms with van der Waals surface area (Å²) >= 11 is 0. The molecule has 1 saturated heterocycles. The molecule has 13 heteroatoms. The molecular formula is C50H104O8Si5. The van der Waals surface area contributed by atoms with Gasteiger partial charge in [0.25, 0.3) is 0 Å². The van der Waals surface area contributed by atoms with Gasteiger partial charge in [-0.3, -0.25) is 0 Å². The van der Waals surface area contributed by atoms with Crippen LogP contribution in [0.25, 0.3) is 0 Å². The summed E-state index contributed by atoms with van der Waals surface area (Å²) in [5, 5.41) is 0. The molecule has 0 spiro atoms. The van der Waals surface area contributed by atoms with Crippen LogP contribution in [-0.4, -0.2) is 96.4 Å². The second kappa shape index (κ2) is 28.5. The third-order valence-corrected chi connectivity index (χ3v) is 16.7. The number of hydrogen-bond donors (Lipinski definition) is 0. The zero-order valence-corrected chi connectivity index (χ0v) is 49.5. The Labute approximate surface area is 395 Å². The number of rotatable bonds is 36. The molecule has 0 aromatic rings. The van der Waals surface area contributed by atoms with Crippen LogP contribution in [0.4, 0.5) is 0 Å². The molecule has 0 aromatic carbocycles. The van der Waals surface area contributed by atoms with E-state index in [2.05, 4.69) is 105 Å². The molecule has 0 bridgehead atoms. The van der Waals surface area contributed by atoms with Crippen molar-refractivity contribution in [2.45, 2.75) is 302 Å². The minimum absolute atomic E-state index is 0.00507. The quantitative estimate of drug-likeness (QED) is 0.0349. The van der Waals surface area contributed by atoms with E-state index in [1.807, 2.05) is 13.0 Å². The molecule has 8 atom stereocenters. The van der Waals surface area contributed by atoms with E-state index < -0.39 is 41.6 Å². The van der Waals surface area contributed by atoms with Crippen LogP contribution >= 0.6 is 0 Å². The standard InChI is InChI=1S/C50H104O8Si5/c1-18-19-20-21-22-23-24-25-26-27-28-32-35-45(56-61(9,10)11)47-40-48(58-63(15,16)17)49(53-47)46(57-62(12,13)14)37-36-43(54-59(3,4)5)33-30-29-31-34-44(55-60(6,7)8)39-42-38-41(2)52-50(42)51/h38,41,43-49H,18-37,39-40H2,1-17H3/t41-,43-,44+,45-,46-,47-,48+,49+/m0/s1. The van der Waals surface area contributed by atoms with Gasteiger partial charge in [0.05, 0.1) is 24.4 Å². The van der Waals surface area contributed by atoms with E-state index in [1.54, 1.807) is 0 Å². The summed E-state index contributed by atoms with van der Waals surface area (Å²) in [6.45, 7) is 38.7. The molecule has 0 aliphatic carbocycles. The minimum atomic E-state index is -1.94. The van der Waals surface area contributed by atoms with E-state index in [-0.39, 0.29) is 54.8 Å². The Balaban J connectivity index is 2.13. The van der Waals surface area contributed by atoms with Crippen molar-refractivity contribution in [3.8, 4) is 0 Å². The lowest BCUT2D eigenvalue weighted by molar-refractivity contribution is -0.139. The molecule has 0 amide bonds. The normalized spacial score (nSPS) is 22.3. The van der Waals surface area contributed by atoms with Crippen molar-refractivity contribution in [2.75, 3.05) is 0 Å². The van der Waals surface area contributed by atoms with Crippen molar-refractivity contribution in [3.05, 3.63) is 11.6 Å². The monoisotopic (exact) mass is 973 g/mol. The zero-order chi connectivity index (χ0) is 47.5. The Morgan fingerprint density at radius 2 is 0.984 bits per heavy atom. The van der Waals surface area contributed by atoms with Gasteiger partial charge in [0.2, 0.25) is 0 Å². The minimum Gasteiger partial charge on any atom is -0.455 e. The van der Waals surface area contributed by atoms with Gasteiger partial charge in [0.1, 0.15) is 12.2 Å². The molecule has 2 aliphatic rings. The van der Waals surface area contributed by atoms with Crippen LogP contribution in [0.1, 0.15) is 155 Å². The van der Waals surface area contributed by atoms with Crippen LogP contribution in [0.15, 0.2) is 11.6 Å². The number of cyclic esters (lactones) is 1. The number of carbonyl (C=O) groups is 1. The van der Waals surface area contributed by atoms with E-state index in [0.29, 0.717) is 6.42 Å².